The second-order valence-corrected chi connectivity index (χ2v) is 10.0. The molecule has 0 heterocycles. The second kappa shape index (κ2) is 10.8. The van der Waals surface area contributed by atoms with Crippen molar-refractivity contribution in [3.8, 4) is 22.6 Å². The van der Waals surface area contributed by atoms with Gasteiger partial charge in [0.15, 0.2) is 0 Å². The van der Waals surface area contributed by atoms with E-state index in [2.05, 4.69) is 0 Å². The zero-order valence-electron chi connectivity index (χ0n) is 21.5. The average Bonchev–Trinajstić information content (AvgIpc) is 3.36. The topological polar surface area (TPSA) is 38.7 Å². The zero-order chi connectivity index (χ0) is 25.8. The molecule has 1 fully saturated rings. The molecule has 37 heavy (non-hydrogen) atoms. The van der Waals surface area contributed by atoms with Gasteiger partial charge in [0.1, 0.15) is 30.5 Å². The Morgan fingerprint density at radius 1 is 0.703 bits per heavy atom. The first-order chi connectivity index (χ1) is 17.9. The summed E-state index contributed by atoms with van der Waals surface area (Å²) in [6.07, 6.45) is 3.19. The number of aryl methyl sites for hydroxylation is 2. The van der Waals surface area contributed by atoms with Crippen molar-refractivity contribution in [2.45, 2.75) is 58.3 Å². The summed E-state index contributed by atoms with van der Waals surface area (Å²) < 4.78 is 27.8. The van der Waals surface area contributed by atoms with Crippen molar-refractivity contribution in [3.63, 3.8) is 0 Å². The number of aliphatic hydroxyl groups is 1. The van der Waals surface area contributed by atoms with Gasteiger partial charge in [-0.2, -0.15) is 0 Å². The van der Waals surface area contributed by atoms with E-state index in [4.69, 9.17) is 9.47 Å². The molecular weight excluding hydrogens is 463 g/mol. The molecule has 0 atom stereocenters. The Bertz CT molecular complexity index is 1360. The van der Waals surface area contributed by atoms with E-state index in [0.29, 0.717) is 48.7 Å². The Labute approximate surface area is 218 Å². The summed E-state index contributed by atoms with van der Waals surface area (Å²) in [6.45, 7) is 4.70. The predicted molar refractivity (Wildman–Crippen MR) is 145 cm³/mol. The summed E-state index contributed by atoms with van der Waals surface area (Å²) in [5, 5.41) is 11.6. The molecule has 1 N–H and O–H groups in total. The highest BCUT2D eigenvalue weighted by atomic mass is 19.1. The molecule has 0 aromatic heterocycles. The van der Waals surface area contributed by atoms with Gasteiger partial charge in [-0.3, -0.25) is 0 Å². The van der Waals surface area contributed by atoms with E-state index in [1.165, 1.54) is 6.07 Å². The molecule has 0 bridgehead atoms. The van der Waals surface area contributed by atoms with Crippen molar-refractivity contribution in [2.24, 2.45) is 0 Å². The maximum Gasteiger partial charge on any atom is 0.134 e. The largest absolute Gasteiger partial charge is 0.489 e. The third kappa shape index (κ3) is 5.55. The third-order valence-electron chi connectivity index (χ3n) is 7.28. The first kappa shape index (κ1) is 25.0. The van der Waals surface area contributed by atoms with Crippen molar-refractivity contribution < 1.29 is 19.0 Å². The van der Waals surface area contributed by atoms with Crippen LogP contribution in [0.5, 0.6) is 11.5 Å². The molecule has 0 amide bonds. The van der Waals surface area contributed by atoms with E-state index in [-0.39, 0.29) is 5.82 Å². The zero-order valence-corrected chi connectivity index (χ0v) is 21.5. The summed E-state index contributed by atoms with van der Waals surface area (Å²) in [4.78, 5) is 0. The van der Waals surface area contributed by atoms with Crippen molar-refractivity contribution >= 4 is 0 Å². The highest BCUT2D eigenvalue weighted by Gasteiger charge is 2.36. The standard InChI is InChI=1S/C33H33FO3/c1-23-17-27(28-18-24(2)32(20-30(28)34)37-22-26-13-7-4-8-14-26)29(33(35)15-9-10-16-33)19-31(23)36-21-25-11-5-3-6-12-25/h3-8,11-14,17-20,35H,9-10,15-16,21-22H2,1-2H3. The third-order valence-corrected chi connectivity index (χ3v) is 7.28. The van der Waals surface area contributed by atoms with Gasteiger partial charge in [-0.25, -0.2) is 4.39 Å². The lowest BCUT2D eigenvalue weighted by atomic mass is 9.84. The lowest BCUT2D eigenvalue weighted by Crippen LogP contribution is -2.22. The molecule has 1 aliphatic rings. The molecule has 1 aliphatic carbocycles. The van der Waals surface area contributed by atoms with Crippen molar-refractivity contribution in [2.75, 3.05) is 0 Å². The average molecular weight is 497 g/mol. The van der Waals surface area contributed by atoms with Crippen LogP contribution in [0.4, 0.5) is 4.39 Å². The molecule has 0 unspecified atom stereocenters. The van der Waals surface area contributed by atoms with Crippen LogP contribution in [0.2, 0.25) is 0 Å². The van der Waals surface area contributed by atoms with Crippen LogP contribution in [0, 0.1) is 19.7 Å². The predicted octanol–water partition coefficient (Wildman–Crippen LogP) is 8.03. The van der Waals surface area contributed by atoms with Crippen LogP contribution in [0.1, 0.15) is 53.5 Å². The van der Waals surface area contributed by atoms with Crippen molar-refractivity contribution in [1.82, 2.24) is 0 Å². The molecule has 3 nitrogen and oxygen atoms in total. The molecule has 5 rings (SSSR count). The maximum atomic E-state index is 15.6. The van der Waals surface area contributed by atoms with E-state index in [1.54, 1.807) is 0 Å². The number of benzene rings is 4. The minimum Gasteiger partial charge on any atom is -0.489 e. The number of halogens is 1. The van der Waals surface area contributed by atoms with E-state index in [1.807, 2.05) is 92.7 Å². The van der Waals surface area contributed by atoms with Crippen LogP contribution < -0.4 is 9.47 Å². The summed E-state index contributed by atoms with van der Waals surface area (Å²) in [7, 11) is 0. The smallest absolute Gasteiger partial charge is 0.134 e. The Morgan fingerprint density at radius 3 is 1.73 bits per heavy atom. The summed E-state index contributed by atoms with van der Waals surface area (Å²) in [5.74, 6) is 0.863. The van der Waals surface area contributed by atoms with Gasteiger partial charge < -0.3 is 14.6 Å². The van der Waals surface area contributed by atoms with Gasteiger partial charge in [-0.1, -0.05) is 73.5 Å². The Kier molecular flexibility index (Phi) is 7.29. The first-order valence-electron chi connectivity index (χ1n) is 12.9. The molecule has 4 aromatic carbocycles. The second-order valence-electron chi connectivity index (χ2n) is 10.0. The number of hydrogen-bond donors (Lipinski definition) is 1. The van der Waals surface area contributed by atoms with E-state index in [9.17, 15) is 5.11 Å². The monoisotopic (exact) mass is 496 g/mol. The summed E-state index contributed by atoms with van der Waals surface area (Å²) >= 11 is 0. The molecule has 4 heteroatoms. The molecule has 0 saturated heterocycles. The van der Waals surface area contributed by atoms with Crippen LogP contribution in [-0.4, -0.2) is 5.11 Å². The quantitative estimate of drug-likeness (QED) is 0.268. The minimum atomic E-state index is -1.00. The Hall–Kier alpha value is -3.63. The van der Waals surface area contributed by atoms with Crippen molar-refractivity contribution in [3.05, 3.63) is 119 Å². The van der Waals surface area contributed by atoms with Gasteiger partial charge in [-0.15, -0.1) is 0 Å². The number of ether oxygens (including phenoxy) is 2. The normalized spacial score (nSPS) is 14.5. The van der Waals surface area contributed by atoms with Crippen molar-refractivity contribution in [1.29, 1.82) is 0 Å². The van der Waals surface area contributed by atoms with E-state index in [0.717, 1.165) is 40.7 Å². The fourth-order valence-corrected chi connectivity index (χ4v) is 5.18. The summed E-state index contributed by atoms with van der Waals surface area (Å²) in [6, 6.07) is 27.0. The van der Waals surface area contributed by atoms with Gasteiger partial charge in [0.2, 0.25) is 0 Å². The van der Waals surface area contributed by atoms with Crippen LogP contribution in [0.25, 0.3) is 11.1 Å². The fraction of sp³-hybridized carbons (Fsp3) is 0.273. The summed E-state index contributed by atoms with van der Waals surface area (Å²) in [5.41, 5.74) is 4.75. The van der Waals surface area contributed by atoms with E-state index < -0.39 is 5.60 Å². The van der Waals surface area contributed by atoms with Crippen LogP contribution in [-0.2, 0) is 18.8 Å². The molecule has 190 valence electrons. The molecule has 0 spiro atoms. The molecule has 4 aromatic rings. The highest BCUT2D eigenvalue weighted by Crippen LogP contribution is 2.46. The maximum absolute atomic E-state index is 15.6. The van der Waals surface area contributed by atoms with Gasteiger partial charge >= 0.3 is 0 Å². The van der Waals surface area contributed by atoms with E-state index >= 15 is 4.39 Å². The molecular formula is C33H33FO3. The van der Waals surface area contributed by atoms with Gasteiger partial charge in [0.05, 0.1) is 5.60 Å². The van der Waals surface area contributed by atoms with Crippen LogP contribution >= 0.6 is 0 Å². The van der Waals surface area contributed by atoms with Gasteiger partial charge in [0.25, 0.3) is 0 Å². The number of rotatable bonds is 8. The lowest BCUT2D eigenvalue weighted by Gasteiger charge is -2.28. The molecule has 0 aliphatic heterocycles. The fourth-order valence-electron chi connectivity index (χ4n) is 5.18. The SMILES string of the molecule is Cc1cc(-c2cc(C)c(OCc3ccccc3)cc2C2(O)CCCC2)c(F)cc1OCc1ccccc1. The van der Waals surface area contributed by atoms with Crippen LogP contribution in [0.15, 0.2) is 84.9 Å². The first-order valence-corrected chi connectivity index (χ1v) is 12.9. The molecule has 0 radical (unpaired) electrons. The minimum absolute atomic E-state index is 0.367. The van der Waals surface area contributed by atoms with Gasteiger partial charge in [0, 0.05) is 11.6 Å². The molecule has 1 saturated carbocycles. The lowest BCUT2D eigenvalue weighted by molar-refractivity contribution is 0.0447. The van der Waals surface area contributed by atoms with Crippen LogP contribution in [0.3, 0.4) is 0 Å². The Balaban J connectivity index is 1.49. The van der Waals surface area contributed by atoms with Gasteiger partial charge in [-0.05, 0) is 78.3 Å². The highest BCUT2D eigenvalue weighted by molar-refractivity contribution is 5.73. The number of hydrogen-bond acceptors (Lipinski definition) is 3. The Morgan fingerprint density at radius 2 is 1.19 bits per heavy atom.